The Labute approximate surface area is 475 Å². The molecule has 76 heavy (non-hydrogen) atoms. The van der Waals surface area contributed by atoms with E-state index in [9.17, 15) is 39.6 Å². The summed E-state index contributed by atoms with van der Waals surface area (Å²) in [5.41, 5.74) is 0. The second-order valence-corrected chi connectivity index (χ2v) is 31.7. The topological polar surface area (TPSA) is 336 Å². The van der Waals surface area contributed by atoms with E-state index < -0.39 is 30.1 Å². The molecule has 3 aromatic heterocycles. The molecule has 31 heteroatoms. The summed E-state index contributed by atoms with van der Waals surface area (Å²) in [5.74, 6) is 1.85. The van der Waals surface area contributed by atoms with Gasteiger partial charge in [0, 0.05) is 40.3 Å². The quantitative estimate of drug-likeness (QED) is 0.0124. The highest BCUT2D eigenvalue weighted by atomic mass is 33.1. The number of aromatic nitrogens is 6. The lowest BCUT2D eigenvalue weighted by molar-refractivity contribution is -0.715. The molecule has 5 rings (SSSR count). The van der Waals surface area contributed by atoms with Gasteiger partial charge in [0.2, 0.25) is 30.8 Å². The third-order valence-corrected chi connectivity index (χ3v) is 23.9. The molecular formula is C45H71N12O9S10+. The fourth-order valence-corrected chi connectivity index (χ4v) is 17.4. The smallest absolute Gasteiger partial charge is 0.301 e. The van der Waals surface area contributed by atoms with Gasteiger partial charge in [-0.05, 0) is 109 Å². The zero-order valence-corrected chi connectivity index (χ0v) is 51.3. The molecule has 0 aliphatic carbocycles. The zero-order chi connectivity index (χ0) is 56.1. The summed E-state index contributed by atoms with van der Waals surface area (Å²) in [4.78, 5) is 35.6. The lowest BCUT2D eigenvalue weighted by Crippen LogP contribution is -2.35. The van der Waals surface area contributed by atoms with Crippen LogP contribution in [0.3, 0.4) is 0 Å². The number of nitrogens with one attached hydrogen (secondary N) is 3. The fourth-order valence-electron chi connectivity index (χ4n) is 6.47. The third kappa shape index (κ3) is 28.7. The van der Waals surface area contributed by atoms with Crippen molar-refractivity contribution in [1.82, 2.24) is 25.5 Å². The van der Waals surface area contributed by atoms with Crippen molar-refractivity contribution in [3.05, 3.63) is 60.8 Å². The average Bonchev–Trinajstić information content (AvgIpc) is 4.22. The zero-order valence-electron chi connectivity index (χ0n) is 43.1. The molecule has 0 saturated carbocycles. The Kier molecular flexibility index (Phi) is 30.8. The van der Waals surface area contributed by atoms with Crippen LogP contribution in [0.2, 0.25) is 0 Å². The second-order valence-electron chi connectivity index (χ2n) is 17.5. The molecular weight excluding hydrogens is 1170 g/mol. The number of aryl methyl sites for hydroxylation is 1. The monoisotopic (exact) mass is 1240 g/mol. The SMILES string of the molecule is CC/C=C\C/C=C\C/C=C\C/C=C\C/C=C\CCCC(=O)Nc1nnc(S(N)(=O)=O)s1.C[C@@]1(CCCCC(=O)Nc2nnc(S(N)(=O)=O)s2)CCSS1.C[n+]1nc(S(N)(=O)=O)sc1NC(=O)CCCC[C@]1(C)CCSS1. The minimum atomic E-state index is -3.89. The fraction of sp³-hybridized carbons (Fsp3) is 0.578. The molecule has 0 bridgehead atoms. The number of rotatable bonds is 29. The number of nitrogens with two attached hydrogens (primary N) is 3. The van der Waals surface area contributed by atoms with Gasteiger partial charge < -0.3 is 10.6 Å². The lowest BCUT2D eigenvalue weighted by Gasteiger charge is -2.20. The summed E-state index contributed by atoms with van der Waals surface area (Å²) in [5, 5.41) is 41.2. The summed E-state index contributed by atoms with van der Waals surface area (Å²) < 4.78 is 68.1. The molecule has 2 saturated heterocycles. The molecule has 2 aliphatic rings. The lowest BCUT2D eigenvalue weighted by atomic mass is 9.99. The number of carbonyl (C=O) groups excluding carboxylic acids is 3. The van der Waals surface area contributed by atoms with Crippen LogP contribution in [0.4, 0.5) is 15.4 Å². The van der Waals surface area contributed by atoms with Gasteiger partial charge in [0.1, 0.15) is 7.05 Å². The molecule has 2 aliphatic heterocycles. The van der Waals surface area contributed by atoms with Crippen LogP contribution in [0.5, 0.6) is 0 Å². The molecule has 0 aromatic carbocycles. The highest BCUT2D eigenvalue weighted by Crippen LogP contribution is 2.50. The Balaban J connectivity index is 0.000000306. The molecule has 424 valence electrons. The third-order valence-electron chi connectivity index (χ3n) is 10.6. The number of nitrogens with zero attached hydrogens (tertiary/aromatic N) is 6. The highest BCUT2D eigenvalue weighted by Gasteiger charge is 2.31. The van der Waals surface area contributed by atoms with E-state index >= 15 is 0 Å². The van der Waals surface area contributed by atoms with Crippen molar-refractivity contribution in [3.63, 3.8) is 0 Å². The summed E-state index contributed by atoms with van der Waals surface area (Å²) in [6.07, 6.45) is 37.2. The molecule has 5 heterocycles. The number of allylic oxidation sites excluding steroid dienone is 10. The van der Waals surface area contributed by atoms with Crippen LogP contribution >= 0.6 is 77.2 Å². The molecule has 0 spiro atoms. The molecule has 2 fully saturated rings. The van der Waals surface area contributed by atoms with Crippen LogP contribution in [0.25, 0.3) is 0 Å². The Morgan fingerprint density at radius 3 is 1.32 bits per heavy atom. The van der Waals surface area contributed by atoms with E-state index in [1.165, 1.54) is 29.0 Å². The minimum Gasteiger partial charge on any atom is -0.301 e. The maximum Gasteiger partial charge on any atom is 0.364 e. The van der Waals surface area contributed by atoms with Crippen molar-refractivity contribution >= 4 is 140 Å². The van der Waals surface area contributed by atoms with Crippen molar-refractivity contribution < 1.29 is 44.3 Å². The predicted molar refractivity (Wildman–Crippen MR) is 315 cm³/mol. The van der Waals surface area contributed by atoms with Gasteiger partial charge in [0.05, 0.1) is 0 Å². The maximum atomic E-state index is 12.0. The summed E-state index contributed by atoms with van der Waals surface area (Å²) in [7, 11) is -2.31. The van der Waals surface area contributed by atoms with Gasteiger partial charge in [0.25, 0.3) is 34.4 Å². The number of unbranched alkanes of at least 4 members (excludes halogenated alkanes) is 3. The first kappa shape index (κ1) is 67.2. The number of anilines is 3. The Morgan fingerprint density at radius 1 is 0.553 bits per heavy atom. The van der Waals surface area contributed by atoms with Crippen molar-refractivity contribution in [2.45, 2.75) is 159 Å². The van der Waals surface area contributed by atoms with E-state index in [1.807, 2.05) is 43.2 Å². The minimum absolute atomic E-state index is 0.129. The number of primary sulfonamides is 3. The van der Waals surface area contributed by atoms with Crippen LogP contribution < -0.4 is 36.0 Å². The summed E-state index contributed by atoms with van der Waals surface area (Å²) in [6.45, 7) is 6.69. The molecule has 9 N–H and O–H groups in total. The van der Waals surface area contributed by atoms with Gasteiger partial charge in [-0.15, -0.1) is 25.1 Å². The van der Waals surface area contributed by atoms with Crippen molar-refractivity contribution in [3.8, 4) is 0 Å². The van der Waals surface area contributed by atoms with Crippen LogP contribution in [-0.4, -0.2) is 89.5 Å². The van der Waals surface area contributed by atoms with E-state index in [0.29, 0.717) is 40.3 Å². The molecule has 2 atom stereocenters. The van der Waals surface area contributed by atoms with Gasteiger partial charge in [-0.2, -0.15) is 5.32 Å². The first-order valence-electron chi connectivity index (χ1n) is 24.3. The molecule has 0 radical (unpaired) electrons. The summed E-state index contributed by atoms with van der Waals surface area (Å²) in [6, 6.07) is 0. The van der Waals surface area contributed by atoms with Gasteiger partial charge in [-0.1, -0.05) is 151 Å². The predicted octanol–water partition coefficient (Wildman–Crippen LogP) is 8.93. The van der Waals surface area contributed by atoms with E-state index in [0.717, 1.165) is 111 Å². The van der Waals surface area contributed by atoms with Gasteiger partial charge in [0.15, 0.2) is 0 Å². The first-order valence-corrected chi connectivity index (χ1v) is 36.0. The second kappa shape index (κ2) is 34.8. The van der Waals surface area contributed by atoms with Crippen molar-refractivity contribution in [2.75, 3.05) is 27.5 Å². The van der Waals surface area contributed by atoms with Crippen molar-refractivity contribution in [1.29, 1.82) is 0 Å². The Hall–Kier alpha value is -3.08. The van der Waals surface area contributed by atoms with Crippen LogP contribution in [0, 0.1) is 0 Å². The van der Waals surface area contributed by atoms with Crippen molar-refractivity contribution in [2.24, 2.45) is 22.5 Å². The molecule has 0 unspecified atom stereocenters. The number of amides is 3. The Morgan fingerprint density at radius 2 is 0.947 bits per heavy atom. The average molecular weight is 1240 g/mol. The van der Waals surface area contributed by atoms with Crippen LogP contribution in [-0.2, 0) is 51.5 Å². The normalized spacial score (nSPS) is 18.1. The van der Waals surface area contributed by atoms with E-state index in [1.54, 1.807) is 7.05 Å². The maximum absolute atomic E-state index is 12.0. The van der Waals surface area contributed by atoms with Gasteiger partial charge in [-0.25, -0.2) is 45.5 Å². The van der Waals surface area contributed by atoms with E-state index in [4.69, 9.17) is 15.4 Å². The highest BCUT2D eigenvalue weighted by molar-refractivity contribution is 8.78. The number of carbonyl (C=O) groups is 3. The molecule has 3 aromatic rings. The molecule has 3 amide bonds. The summed E-state index contributed by atoms with van der Waals surface area (Å²) >= 11 is 2.34. The number of hydrogen-bond donors (Lipinski definition) is 6. The standard InChI is InChI=1S/C22H32N4O3S2.C12H20N4O3S4.C11H18N4O3S4/c1-2-3-4-5-6-7-8-9-10-11-12-13-14-15-16-17-18-19-20(27)24-21-25-26-22(30-21)31(23,28)29;1-12(7-8-20-22-12)6-4-3-5-9(17)14-10-16(2)15-11(21-10)23(13,18)19;1-11(6-7-19-21-11)5-3-2-4-8(16)13-9-14-15-10(20-9)22(12,17)18/h3-4,6-7,9-10,12-13,15-16H,2,5,8,11,14,17-19H2,1H3,(H2,23,28,29)(H,24,25,27);3-8H2,1-2H3,(H2,13,18,19);2-7H2,1H3,(H2,12,17,18)(H,13,14,16)/p+1/b4-3-,7-6-,10-9-,13-12-,16-15-;;/t;12-;11-/m.11/s1. The number of sulfonamides is 3. The van der Waals surface area contributed by atoms with Gasteiger partial charge >= 0.3 is 11.0 Å². The van der Waals surface area contributed by atoms with E-state index in [-0.39, 0.29) is 41.0 Å². The molecule has 21 nitrogen and oxygen atoms in total. The Bertz CT molecular complexity index is 2780. The van der Waals surface area contributed by atoms with Crippen LogP contribution in [0.1, 0.15) is 136 Å². The first-order chi connectivity index (χ1) is 35.9. The van der Waals surface area contributed by atoms with E-state index in [2.05, 4.69) is 123 Å². The number of hydrogen-bond acceptors (Lipinski definition) is 21. The van der Waals surface area contributed by atoms with Gasteiger partial charge in [-0.3, -0.25) is 9.59 Å². The van der Waals surface area contributed by atoms with Crippen LogP contribution in [0.15, 0.2) is 73.8 Å². The largest absolute Gasteiger partial charge is 0.364 e.